The predicted molar refractivity (Wildman–Crippen MR) is 103 cm³/mol. The molecule has 0 aromatic heterocycles. The van der Waals surface area contributed by atoms with Gasteiger partial charge in [0.1, 0.15) is 11.6 Å². The molecule has 2 aromatic carbocycles. The van der Waals surface area contributed by atoms with Crippen molar-refractivity contribution in [1.82, 2.24) is 10.6 Å². The fraction of sp³-hybridized carbons (Fsp3) is 0.300. The Labute approximate surface area is 157 Å². The summed E-state index contributed by atoms with van der Waals surface area (Å²) in [6, 6.07) is 10.8. The molecule has 0 unspecified atom stereocenters. The molecule has 1 amide bonds. The first-order valence-electron chi connectivity index (χ1n) is 8.67. The van der Waals surface area contributed by atoms with Crippen LogP contribution in [-0.4, -0.2) is 18.9 Å². The number of carbonyl (C=O) groups excluding carboxylic acids is 1. The lowest BCUT2D eigenvalue weighted by molar-refractivity contribution is -0.118. The summed E-state index contributed by atoms with van der Waals surface area (Å²) in [5.74, 6) is -0.603. The molecule has 27 heavy (non-hydrogen) atoms. The van der Waals surface area contributed by atoms with E-state index >= 15 is 0 Å². The number of nitrogens with zero attached hydrogens (tertiary/aromatic N) is 1. The minimum Gasteiger partial charge on any atom is -0.352 e. The third kappa shape index (κ3) is 6.36. The highest BCUT2D eigenvalue weighted by molar-refractivity contribution is 5.92. The highest BCUT2D eigenvalue weighted by Crippen LogP contribution is 2.11. The van der Waals surface area contributed by atoms with E-state index in [0.29, 0.717) is 12.5 Å². The molecule has 0 atom stereocenters. The van der Waals surface area contributed by atoms with Gasteiger partial charge in [-0.15, -0.1) is 0 Å². The average molecular weight is 374 g/mol. The van der Waals surface area contributed by atoms with Crippen LogP contribution in [-0.2, 0) is 17.9 Å². The summed E-state index contributed by atoms with van der Waals surface area (Å²) in [6.07, 6.45) is 0. The molecule has 5 nitrogen and oxygen atoms in total. The second-order valence-electron chi connectivity index (χ2n) is 6.36. The normalized spacial score (nSPS) is 11.4. The van der Waals surface area contributed by atoms with Gasteiger partial charge in [0.25, 0.3) is 0 Å². The third-order valence-corrected chi connectivity index (χ3v) is 3.88. The number of benzene rings is 2. The van der Waals surface area contributed by atoms with E-state index < -0.39 is 11.6 Å². The van der Waals surface area contributed by atoms with Crippen molar-refractivity contribution in [3.63, 3.8) is 0 Å². The lowest BCUT2D eigenvalue weighted by atomic mass is 10.1. The second kappa shape index (κ2) is 9.66. The number of guanidine groups is 1. The van der Waals surface area contributed by atoms with E-state index in [1.165, 1.54) is 0 Å². The smallest absolute Gasteiger partial charge is 0.226 e. The minimum absolute atomic E-state index is 0.0324. The Morgan fingerprint density at radius 2 is 1.70 bits per heavy atom. The molecule has 0 aliphatic heterocycles. The van der Waals surface area contributed by atoms with Gasteiger partial charge in [-0.3, -0.25) is 9.79 Å². The van der Waals surface area contributed by atoms with Crippen molar-refractivity contribution in [2.24, 2.45) is 10.9 Å². The van der Waals surface area contributed by atoms with Gasteiger partial charge in [-0.25, -0.2) is 8.78 Å². The van der Waals surface area contributed by atoms with E-state index in [0.717, 1.165) is 29.4 Å². The summed E-state index contributed by atoms with van der Waals surface area (Å²) in [5.41, 5.74) is 1.95. The van der Waals surface area contributed by atoms with Gasteiger partial charge < -0.3 is 16.0 Å². The maximum absolute atomic E-state index is 13.7. The first-order chi connectivity index (χ1) is 12.9. The second-order valence-corrected chi connectivity index (χ2v) is 6.36. The molecule has 3 N–H and O–H groups in total. The zero-order valence-corrected chi connectivity index (χ0v) is 15.6. The number of carbonyl (C=O) groups is 1. The largest absolute Gasteiger partial charge is 0.352 e. The van der Waals surface area contributed by atoms with Crippen molar-refractivity contribution < 1.29 is 13.6 Å². The van der Waals surface area contributed by atoms with E-state index in [1.54, 1.807) is 7.05 Å². The Kier molecular flexibility index (Phi) is 7.28. The molecule has 2 aromatic rings. The van der Waals surface area contributed by atoms with E-state index in [4.69, 9.17) is 0 Å². The minimum atomic E-state index is -0.485. The molecular formula is C20H24F2N4O. The van der Waals surface area contributed by atoms with Crippen molar-refractivity contribution in [2.45, 2.75) is 26.9 Å². The Morgan fingerprint density at radius 3 is 2.33 bits per heavy atom. The average Bonchev–Trinajstić information content (AvgIpc) is 2.65. The van der Waals surface area contributed by atoms with Crippen molar-refractivity contribution in [2.75, 3.05) is 12.4 Å². The summed E-state index contributed by atoms with van der Waals surface area (Å²) in [4.78, 5) is 15.8. The summed E-state index contributed by atoms with van der Waals surface area (Å²) in [6.45, 7) is 4.27. The fourth-order valence-electron chi connectivity index (χ4n) is 2.26. The van der Waals surface area contributed by atoms with Crippen LogP contribution in [0.15, 0.2) is 47.5 Å². The van der Waals surface area contributed by atoms with Crippen LogP contribution in [0.5, 0.6) is 0 Å². The Bertz CT molecular complexity index is 804. The summed E-state index contributed by atoms with van der Waals surface area (Å²) < 4.78 is 26.9. The molecule has 0 aliphatic carbocycles. The van der Waals surface area contributed by atoms with Crippen LogP contribution < -0.4 is 16.0 Å². The lowest BCUT2D eigenvalue weighted by Gasteiger charge is -2.13. The molecule has 0 radical (unpaired) electrons. The van der Waals surface area contributed by atoms with Gasteiger partial charge in [0.2, 0.25) is 5.91 Å². The molecule has 2 rings (SSSR count). The lowest BCUT2D eigenvalue weighted by Crippen LogP contribution is -2.36. The van der Waals surface area contributed by atoms with E-state index in [2.05, 4.69) is 20.9 Å². The van der Waals surface area contributed by atoms with E-state index in [9.17, 15) is 13.6 Å². The monoisotopic (exact) mass is 374 g/mol. The van der Waals surface area contributed by atoms with E-state index in [-0.39, 0.29) is 23.9 Å². The topological polar surface area (TPSA) is 65.5 Å². The molecule has 7 heteroatoms. The number of hydrogen-bond acceptors (Lipinski definition) is 2. The van der Waals surface area contributed by atoms with Gasteiger partial charge in [0.15, 0.2) is 5.96 Å². The Balaban J connectivity index is 1.86. The van der Waals surface area contributed by atoms with Crippen LogP contribution >= 0.6 is 0 Å². The summed E-state index contributed by atoms with van der Waals surface area (Å²) in [7, 11) is 1.60. The number of halogens is 2. The predicted octanol–water partition coefficient (Wildman–Crippen LogP) is 3.42. The first-order valence-corrected chi connectivity index (χ1v) is 8.67. The Hall–Kier alpha value is -2.96. The number of aliphatic imine (C=N–C) groups is 1. The highest BCUT2D eigenvalue weighted by Gasteiger charge is 2.07. The standard InChI is InChI=1S/C20H24F2N4O/c1-13(2)19(27)26-17-7-4-14(5-8-17)11-24-20(23-3)25-12-15-10-16(21)6-9-18(15)22/h4-10,13H,11-12H2,1-3H3,(H,26,27)(H2,23,24,25). The quantitative estimate of drug-likeness (QED) is 0.536. The van der Waals surface area contributed by atoms with Crippen molar-refractivity contribution in [3.8, 4) is 0 Å². The van der Waals surface area contributed by atoms with Crippen LogP contribution in [0, 0.1) is 17.6 Å². The SMILES string of the molecule is CN=C(NCc1ccc(NC(=O)C(C)C)cc1)NCc1cc(F)ccc1F. The number of anilines is 1. The fourth-order valence-corrected chi connectivity index (χ4v) is 2.26. The molecule has 0 fully saturated rings. The van der Waals surface area contributed by atoms with Crippen molar-refractivity contribution in [1.29, 1.82) is 0 Å². The van der Waals surface area contributed by atoms with Crippen molar-refractivity contribution >= 4 is 17.6 Å². The van der Waals surface area contributed by atoms with Crippen LogP contribution in [0.3, 0.4) is 0 Å². The molecule has 0 heterocycles. The number of rotatable bonds is 6. The first kappa shape index (κ1) is 20.4. The third-order valence-electron chi connectivity index (χ3n) is 3.88. The van der Waals surface area contributed by atoms with Crippen LogP contribution in [0.2, 0.25) is 0 Å². The Morgan fingerprint density at radius 1 is 1.04 bits per heavy atom. The zero-order valence-electron chi connectivity index (χ0n) is 15.6. The zero-order chi connectivity index (χ0) is 19.8. The molecule has 0 saturated carbocycles. The number of hydrogen-bond donors (Lipinski definition) is 3. The summed E-state index contributed by atoms with van der Waals surface area (Å²) in [5, 5.41) is 8.88. The highest BCUT2D eigenvalue weighted by atomic mass is 19.1. The maximum atomic E-state index is 13.7. The molecule has 0 saturated heterocycles. The molecule has 144 valence electrons. The number of nitrogens with one attached hydrogen (secondary N) is 3. The molecule has 0 aliphatic rings. The van der Waals surface area contributed by atoms with Crippen LogP contribution in [0.4, 0.5) is 14.5 Å². The van der Waals surface area contributed by atoms with Crippen LogP contribution in [0.25, 0.3) is 0 Å². The van der Waals surface area contributed by atoms with Gasteiger partial charge in [-0.05, 0) is 35.9 Å². The maximum Gasteiger partial charge on any atom is 0.226 e. The van der Waals surface area contributed by atoms with Crippen LogP contribution in [0.1, 0.15) is 25.0 Å². The van der Waals surface area contributed by atoms with Gasteiger partial charge in [0, 0.05) is 37.3 Å². The van der Waals surface area contributed by atoms with Gasteiger partial charge in [-0.2, -0.15) is 0 Å². The van der Waals surface area contributed by atoms with Gasteiger partial charge in [0.05, 0.1) is 0 Å². The summed E-state index contributed by atoms with van der Waals surface area (Å²) >= 11 is 0. The molecular weight excluding hydrogens is 350 g/mol. The van der Waals surface area contributed by atoms with Gasteiger partial charge >= 0.3 is 0 Å². The van der Waals surface area contributed by atoms with Gasteiger partial charge in [-0.1, -0.05) is 26.0 Å². The molecule has 0 spiro atoms. The number of amides is 1. The molecule has 0 bridgehead atoms. The van der Waals surface area contributed by atoms with E-state index in [1.807, 2.05) is 38.1 Å². The van der Waals surface area contributed by atoms with Crippen molar-refractivity contribution in [3.05, 3.63) is 65.2 Å².